The van der Waals surface area contributed by atoms with Gasteiger partial charge >= 0.3 is 0 Å². The molecule has 0 bridgehead atoms. The fourth-order valence-electron chi connectivity index (χ4n) is 3.96. The van der Waals surface area contributed by atoms with Crippen LogP contribution in [0.15, 0.2) is 18.2 Å². The van der Waals surface area contributed by atoms with Gasteiger partial charge in [-0.05, 0) is 30.5 Å². The molecule has 0 aliphatic carbocycles. The first-order valence-corrected chi connectivity index (χ1v) is 10.9. The number of methoxy groups -OCH3 is 1. The van der Waals surface area contributed by atoms with E-state index in [1.54, 1.807) is 13.0 Å². The number of Topliss-reactive ketones (excluding diaryl/α,β-unsaturated/α-hetero) is 1. The summed E-state index contributed by atoms with van der Waals surface area (Å²) >= 11 is 0. The number of benzene rings is 2. The van der Waals surface area contributed by atoms with Crippen LogP contribution in [0, 0.1) is 11.2 Å². The number of nitrogens with zero attached hydrogens (tertiary/aromatic N) is 1. The molecule has 9 heteroatoms. The quantitative estimate of drug-likeness (QED) is 0.532. The van der Waals surface area contributed by atoms with Gasteiger partial charge < -0.3 is 24.8 Å². The highest BCUT2D eigenvalue weighted by molar-refractivity contribution is 6.07. The predicted molar refractivity (Wildman–Crippen MR) is 126 cm³/mol. The maximum atomic E-state index is 15.3. The molecule has 34 heavy (non-hydrogen) atoms. The Bertz CT molecular complexity index is 1170. The Labute approximate surface area is 198 Å². The van der Waals surface area contributed by atoms with Gasteiger partial charge in [0, 0.05) is 35.8 Å². The van der Waals surface area contributed by atoms with Crippen molar-refractivity contribution in [2.75, 3.05) is 27.3 Å². The lowest BCUT2D eigenvalue weighted by Gasteiger charge is -2.23. The number of ketones is 1. The maximum absolute atomic E-state index is 15.3. The molecule has 0 aromatic heterocycles. The highest BCUT2D eigenvalue weighted by atomic mass is 19.1. The Hall–Kier alpha value is -3.62. The van der Waals surface area contributed by atoms with Gasteiger partial charge in [-0.3, -0.25) is 15.0 Å². The number of hydrogen-bond donors (Lipinski definition) is 3. The molecule has 0 radical (unpaired) electrons. The van der Waals surface area contributed by atoms with E-state index in [2.05, 4.69) is 5.32 Å². The van der Waals surface area contributed by atoms with Gasteiger partial charge in [-0.2, -0.15) is 0 Å². The van der Waals surface area contributed by atoms with E-state index in [0.717, 1.165) is 0 Å². The van der Waals surface area contributed by atoms with Crippen LogP contribution in [0.1, 0.15) is 65.1 Å². The van der Waals surface area contributed by atoms with Gasteiger partial charge in [0.05, 0.1) is 25.8 Å². The summed E-state index contributed by atoms with van der Waals surface area (Å²) in [5.41, 5.74) is 0.858. The van der Waals surface area contributed by atoms with Crippen molar-refractivity contribution in [3.05, 3.63) is 51.8 Å². The Morgan fingerprint density at radius 3 is 2.50 bits per heavy atom. The fraction of sp³-hybridized carbons (Fsp3) is 0.400. The molecule has 0 unspecified atom stereocenters. The minimum absolute atomic E-state index is 0.00313. The average molecular weight is 472 g/mol. The second-order valence-electron chi connectivity index (χ2n) is 9.06. The van der Waals surface area contributed by atoms with Gasteiger partial charge in [0.15, 0.2) is 28.8 Å². The molecule has 1 aliphatic rings. The number of rotatable bonds is 7. The van der Waals surface area contributed by atoms with E-state index in [9.17, 15) is 14.7 Å². The summed E-state index contributed by atoms with van der Waals surface area (Å²) in [6, 6.07) is 4.50. The summed E-state index contributed by atoms with van der Waals surface area (Å²) in [5.74, 6) is -1.63. The van der Waals surface area contributed by atoms with Crippen LogP contribution >= 0.6 is 0 Å². The topological polar surface area (TPSA) is 112 Å². The number of phenols is 1. The molecular weight excluding hydrogens is 441 g/mol. The summed E-state index contributed by atoms with van der Waals surface area (Å²) in [5, 5.41) is 21.5. The van der Waals surface area contributed by atoms with Crippen LogP contribution in [-0.4, -0.2) is 54.8 Å². The summed E-state index contributed by atoms with van der Waals surface area (Å²) in [6.07, 6.45) is 0. The predicted octanol–water partition coefficient (Wildman–Crippen LogP) is 3.62. The summed E-state index contributed by atoms with van der Waals surface area (Å²) < 4.78 is 25.9. The SMILES string of the molecule is CCOc1c(C(=O)NC)cc2c(c1F)CN(CC(=O)c1cc(OC)c(O)c(C(C)(C)C)c1)C2=N. The van der Waals surface area contributed by atoms with Crippen molar-refractivity contribution in [3.8, 4) is 17.2 Å². The Morgan fingerprint density at radius 2 is 1.94 bits per heavy atom. The molecule has 2 aromatic rings. The van der Waals surface area contributed by atoms with E-state index in [1.807, 2.05) is 20.8 Å². The number of nitrogens with one attached hydrogen (secondary N) is 2. The smallest absolute Gasteiger partial charge is 0.254 e. The van der Waals surface area contributed by atoms with E-state index < -0.39 is 17.1 Å². The van der Waals surface area contributed by atoms with Crippen LogP contribution in [0.2, 0.25) is 0 Å². The first-order chi connectivity index (χ1) is 15.9. The lowest BCUT2D eigenvalue weighted by atomic mass is 9.84. The summed E-state index contributed by atoms with van der Waals surface area (Å²) in [4.78, 5) is 26.9. The van der Waals surface area contributed by atoms with E-state index in [-0.39, 0.29) is 65.3 Å². The molecule has 0 fully saturated rings. The van der Waals surface area contributed by atoms with Gasteiger partial charge in [0.1, 0.15) is 5.84 Å². The van der Waals surface area contributed by atoms with Crippen molar-refractivity contribution in [2.45, 2.75) is 39.7 Å². The number of carbonyl (C=O) groups is 2. The number of hydrogen-bond acceptors (Lipinski definition) is 6. The van der Waals surface area contributed by atoms with Crippen molar-refractivity contribution < 1.29 is 28.6 Å². The van der Waals surface area contributed by atoms with Gasteiger partial charge in [-0.25, -0.2) is 4.39 Å². The Balaban J connectivity index is 1.96. The van der Waals surface area contributed by atoms with E-state index in [4.69, 9.17) is 14.9 Å². The molecular formula is C25H30FN3O5. The molecule has 182 valence electrons. The average Bonchev–Trinajstić information content (AvgIpc) is 3.09. The molecule has 3 rings (SSSR count). The summed E-state index contributed by atoms with van der Waals surface area (Å²) in [7, 11) is 2.84. The van der Waals surface area contributed by atoms with Gasteiger partial charge in [0.25, 0.3) is 5.91 Å². The number of fused-ring (bicyclic) bond motifs is 1. The molecule has 0 saturated carbocycles. The van der Waals surface area contributed by atoms with Gasteiger partial charge in [-0.15, -0.1) is 0 Å². The van der Waals surface area contributed by atoms with Gasteiger partial charge in [0.2, 0.25) is 0 Å². The van der Waals surface area contributed by atoms with Crippen LogP contribution in [-0.2, 0) is 12.0 Å². The largest absolute Gasteiger partial charge is 0.504 e. The Kier molecular flexibility index (Phi) is 6.86. The minimum Gasteiger partial charge on any atom is -0.504 e. The first kappa shape index (κ1) is 25.0. The second kappa shape index (κ2) is 9.32. The lowest BCUT2D eigenvalue weighted by Crippen LogP contribution is -2.30. The molecule has 1 amide bonds. The van der Waals surface area contributed by atoms with E-state index in [0.29, 0.717) is 11.1 Å². The van der Waals surface area contributed by atoms with E-state index in [1.165, 1.54) is 31.2 Å². The van der Waals surface area contributed by atoms with E-state index >= 15 is 4.39 Å². The molecule has 0 atom stereocenters. The number of carbonyl (C=O) groups excluding carboxylic acids is 2. The third-order valence-corrected chi connectivity index (χ3v) is 5.76. The normalized spacial score (nSPS) is 13.0. The zero-order valence-electron chi connectivity index (χ0n) is 20.3. The fourth-order valence-corrected chi connectivity index (χ4v) is 3.96. The molecule has 1 heterocycles. The minimum atomic E-state index is -0.709. The number of halogens is 1. The number of aromatic hydroxyl groups is 1. The van der Waals surface area contributed by atoms with Crippen molar-refractivity contribution in [3.63, 3.8) is 0 Å². The third kappa shape index (κ3) is 4.42. The van der Waals surface area contributed by atoms with Crippen molar-refractivity contribution >= 4 is 17.5 Å². The summed E-state index contributed by atoms with van der Waals surface area (Å²) in [6.45, 7) is 7.37. The number of ether oxygens (including phenoxy) is 2. The zero-order chi connectivity index (χ0) is 25.4. The maximum Gasteiger partial charge on any atom is 0.254 e. The van der Waals surface area contributed by atoms with Crippen molar-refractivity contribution in [2.24, 2.45) is 0 Å². The molecule has 2 aromatic carbocycles. The zero-order valence-corrected chi connectivity index (χ0v) is 20.3. The Morgan fingerprint density at radius 1 is 1.26 bits per heavy atom. The standard InChI is InChI=1S/C25H30FN3O5/c1-7-34-22-15(24(32)28-5)10-14-16(20(22)26)11-29(23(14)27)12-18(30)13-8-17(25(2,3)4)21(31)19(9-13)33-6/h8-10,27,31H,7,11-12H2,1-6H3,(H,28,32). The monoisotopic (exact) mass is 471 g/mol. The van der Waals surface area contributed by atoms with Crippen LogP contribution < -0.4 is 14.8 Å². The second-order valence-corrected chi connectivity index (χ2v) is 9.06. The van der Waals surface area contributed by atoms with Gasteiger partial charge in [-0.1, -0.05) is 20.8 Å². The highest BCUT2D eigenvalue weighted by Crippen LogP contribution is 2.39. The van der Waals surface area contributed by atoms with Crippen molar-refractivity contribution in [1.82, 2.24) is 10.2 Å². The lowest BCUT2D eigenvalue weighted by molar-refractivity contribution is 0.0952. The molecule has 3 N–H and O–H groups in total. The number of amidine groups is 1. The van der Waals surface area contributed by atoms with Crippen LogP contribution in [0.4, 0.5) is 4.39 Å². The van der Waals surface area contributed by atoms with Crippen LogP contribution in [0.3, 0.4) is 0 Å². The molecule has 0 spiro atoms. The first-order valence-electron chi connectivity index (χ1n) is 10.9. The number of phenolic OH excluding ortho intramolecular Hbond substituents is 1. The molecule has 0 saturated heterocycles. The van der Waals surface area contributed by atoms with Crippen LogP contribution in [0.5, 0.6) is 17.2 Å². The van der Waals surface area contributed by atoms with Crippen LogP contribution in [0.25, 0.3) is 0 Å². The number of amides is 1. The molecule has 1 aliphatic heterocycles. The highest BCUT2D eigenvalue weighted by Gasteiger charge is 2.34. The molecule has 8 nitrogen and oxygen atoms in total. The third-order valence-electron chi connectivity index (χ3n) is 5.76. The van der Waals surface area contributed by atoms with Crippen molar-refractivity contribution in [1.29, 1.82) is 5.41 Å².